The Morgan fingerprint density at radius 3 is 2.93 bits per heavy atom. The quantitative estimate of drug-likeness (QED) is 0.666. The molecule has 1 aromatic carbocycles. The number of hydrogen-bond acceptors (Lipinski definition) is 3. The van der Waals surface area contributed by atoms with E-state index in [4.69, 9.17) is 5.26 Å². The van der Waals surface area contributed by atoms with E-state index in [-0.39, 0.29) is 11.9 Å². The van der Waals surface area contributed by atoms with Crippen molar-refractivity contribution in [3.05, 3.63) is 47.4 Å². The fourth-order valence-electron chi connectivity index (χ4n) is 1.31. The van der Waals surface area contributed by atoms with Gasteiger partial charge in [0.1, 0.15) is 11.9 Å². The average Bonchev–Trinajstić information content (AvgIpc) is 2.70. The van der Waals surface area contributed by atoms with E-state index in [1.54, 1.807) is 6.08 Å². The van der Waals surface area contributed by atoms with Crippen LogP contribution in [0.25, 0.3) is 0 Å². The molecule has 0 aliphatic carbocycles. The Labute approximate surface area is 80.2 Å². The summed E-state index contributed by atoms with van der Waals surface area (Å²) >= 11 is 0. The molecule has 0 saturated carbocycles. The molecule has 0 radical (unpaired) electrons. The summed E-state index contributed by atoms with van der Waals surface area (Å²) in [6, 6.07) is 5.71. The Balaban J connectivity index is 2.50. The molecule has 1 aromatic rings. The molecule has 1 heterocycles. The van der Waals surface area contributed by atoms with Crippen molar-refractivity contribution in [1.82, 2.24) is 0 Å². The van der Waals surface area contributed by atoms with Gasteiger partial charge in [-0.05, 0) is 24.3 Å². The molecule has 0 saturated heterocycles. The Kier molecular flexibility index (Phi) is 2.07. The number of nitriles is 1. The molecule has 2 rings (SSSR count). The molecule has 0 spiro atoms. The van der Waals surface area contributed by atoms with Crippen LogP contribution in [0.3, 0.4) is 0 Å². The molecule has 3 nitrogen and oxygen atoms in total. The zero-order chi connectivity index (χ0) is 9.97. The number of azo groups is 1. The van der Waals surface area contributed by atoms with Crippen molar-refractivity contribution < 1.29 is 4.39 Å². The lowest BCUT2D eigenvalue weighted by molar-refractivity contribution is 0.623. The molecule has 0 bridgehead atoms. The van der Waals surface area contributed by atoms with Gasteiger partial charge in [-0.25, -0.2) is 4.39 Å². The summed E-state index contributed by atoms with van der Waals surface area (Å²) in [6.07, 6.45) is 3.26. The highest BCUT2D eigenvalue weighted by atomic mass is 19.1. The summed E-state index contributed by atoms with van der Waals surface area (Å²) in [5.41, 5.74) is 0.993. The van der Waals surface area contributed by atoms with E-state index in [0.717, 1.165) is 0 Å². The van der Waals surface area contributed by atoms with E-state index in [1.165, 1.54) is 24.4 Å². The van der Waals surface area contributed by atoms with E-state index >= 15 is 0 Å². The predicted molar refractivity (Wildman–Crippen MR) is 47.9 cm³/mol. The minimum atomic E-state index is -0.366. The van der Waals surface area contributed by atoms with Gasteiger partial charge in [0.2, 0.25) is 0 Å². The topological polar surface area (TPSA) is 48.5 Å². The maximum Gasteiger partial charge on any atom is 0.123 e. The smallest absolute Gasteiger partial charge is 0.123 e. The highest BCUT2D eigenvalue weighted by Gasteiger charge is 2.14. The van der Waals surface area contributed by atoms with Gasteiger partial charge in [0.05, 0.1) is 11.6 Å². The number of nitrogens with zero attached hydrogens (tertiary/aromatic N) is 3. The first-order chi connectivity index (χ1) is 6.81. The first-order valence-corrected chi connectivity index (χ1v) is 4.07. The van der Waals surface area contributed by atoms with Crippen LogP contribution >= 0.6 is 0 Å². The van der Waals surface area contributed by atoms with Crippen LogP contribution in [0.5, 0.6) is 0 Å². The molecular weight excluding hydrogens is 181 g/mol. The molecule has 0 aromatic heterocycles. The second kappa shape index (κ2) is 3.38. The molecule has 1 unspecified atom stereocenters. The van der Waals surface area contributed by atoms with Gasteiger partial charge in [-0.15, -0.1) is 0 Å². The van der Waals surface area contributed by atoms with Crippen LogP contribution in [0.4, 0.5) is 4.39 Å². The third-order valence-corrected chi connectivity index (χ3v) is 1.98. The van der Waals surface area contributed by atoms with E-state index in [2.05, 4.69) is 10.2 Å². The zero-order valence-corrected chi connectivity index (χ0v) is 7.18. The molecule has 4 heteroatoms. The van der Waals surface area contributed by atoms with Gasteiger partial charge in [-0.2, -0.15) is 15.5 Å². The summed E-state index contributed by atoms with van der Waals surface area (Å²) in [4.78, 5) is 0. The van der Waals surface area contributed by atoms with E-state index in [1.807, 2.05) is 6.07 Å². The van der Waals surface area contributed by atoms with Gasteiger partial charge in [0.25, 0.3) is 0 Å². The Bertz CT molecular complexity index is 445. The fraction of sp³-hybridized carbons (Fsp3) is 0.100. The number of halogens is 1. The maximum atomic E-state index is 12.9. The van der Waals surface area contributed by atoms with Gasteiger partial charge in [0, 0.05) is 11.8 Å². The molecule has 68 valence electrons. The average molecular weight is 187 g/mol. The standard InChI is InChI=1S/C10H6FN3/c11-8-2-1-7(6-12)9(5-8)10-3-4-13-14-10/h1-5,10H. The summed E-state index contributed by atoms with van der Waals surface area (Å²) < 4.78 is 12.9. The monoisotopic (exact) mass is 187 g/mol. The summed E-state index contributed by atoms with van der Waals surface area (Å²) in [5, 5.41) is 16.3. The highest BCUT2D eigenvalue weighted by molar-refractivity contribution is 5.41. The third kappa shape index (κ3) is 1.40. The fourth-order valence-corrected chi connectivity index (χ4v) is 1.31. The second-order valence-electron chi connectivity index (χ2n) is 2.86. The zero-order valence-electron chi connectivity index (χ0n) is 7.18. The largest absolute Gasteiger partial charge is 0.207 e. The minimum absolute atomic E-state index is 0.319. The van der Waals surface area contributed by atoms with Crippen LogP contribution in [-0.4, -0.2) is 0 Å². The number of rotatable bonds is 1. The number of hydrogen-bond donors (Lipinski definition) is 0. The maximum absolute atomic E-state index is 12.9. The van der Waals surface area contributed by atoms with Crippen LogP contribution in [0.15, 0.2) is 40.7 Å². The van der Waals surface area contributed by atoms with Crippen LogP contribution < -0.4 is 0 Å². The lowest BCUT2D eigenvalue weighted by Crippen LogP contribution is -1.94. The molecule has 0 N–H and O–H groups in total. The van der Waals surface area contributed by atoms with Crippen molar-refractivity contribution in [2.45, 2.75) is 6.04 Å². The van der Waals surface area contributed by atoms with Gasteiger partial charge in [-0.1, -0.05) is 0 Å². The molecular formula is C10H6FN3. The van der Waals surface area contributed by atoms with Gasteiger partial charge >= 0.3 is 0 Å². The van der Waals surface area contributed by atoms with Gasteiger partial charge < -0.3 is 0 Å². The molecule has 0 fully saturated rings. The van der Waals surface area contributed by atoms with Gasteiger partial charge in [0.15, 0.2) is 0 Å². The van der Waals surface area contributed by atoms with Crippen molar-refractivity contribution in [3.63, 3.8) is 0 Å². The molecule has 1 aliphatic heterocycles. The Morgan fingerprint density at radius 2 is 2.29 bits per heavy atom. The van der Waals surface area contributed by atoms with Crippen LogP contribution in [0, 0.1) is 17.1 Å². The molecule has 14 heavy (non-hydrogen) atoms. The predicted octanol–water partition coefficient (Wildman–Crippen LogP) is 2.72. The van der Waals surface area contributed by atoms with Crippen molar-refractivity contribution in [1.29, 1.82) is 5.26 Å². The summed E-state index contributed by atoms with van der Waals surface area (Å²) in [5.74, 6) is -0.366. The van der Waals surface area contributed by atoms with Crippen molar-refractivity contribution in [3.8, 4) is 6.07 Å². The van der Waals surface area contributed by atoms with Crippen LogP contribution in [0.2, 0.25) is 0 Å². The first kappa shape index (κ1) is 8.57. The minimum Gasteiger partial charge on any atom is -0.207 e. The molecule has 0 amide bonds. The molecule has 1 atom stereocenters. The first-order valence-electron chi connectivity index (χ1n) is 4.07. The van der Waals surface area contributed by atoms with Gasteiger partial charge in [-0.3, -0.25) is 0 Å². The Hall–Kier alpha value is -2.02. The van der Waals surface area contributed by atoms with E-state index < -0.39 is 0 Å². The van der Waals surface area contributed by atoms with Crippen molar-refractivity contribution in [2.75, 3.05) is 0 Å². The SMILES string of the molecule is N#Cc1ccc(F)cc1C1C=CN=N1. The lowest BCUT2D eigenvalue weighted by Gasteiger charge is -2.05. The lowest BCUT2D eigenvalue weighted by atomic mass is 10.0. The summed E-state index contributed by atoms with van der Waals surface area (Å²) in [7, 11) is 0. The highest BCUT2D eigenvalue weighted by Crippen LogP contribution is 2.26. The summed E-state index contributed by atoms with van der Waals surface area (Å²) in [6.45, 7) is 0. The normalized spacial score (nSPS) is 18.4. The molecule has 1 aliphatic rings. The third-order valence-electron chi connectivity index (χ3n) is 1.98. The Morgan fingerprint density at radius 1 is 1.43 bits per heavy atom. The van der Waals surface area contributed by atoms with E-state index in [9.17, 15) is 4.39 Å². The van der Waals surface area contributed by atoms with Crippen molar-refractivity contribution in [2.24, 2.45) is 10.2 Å². The second-order valence-corrected chi connectivity index (χ2v) is 2.86. The number of benzene rings is 1. The van der Waals surface area contributed by atoms with Crippen LogP contribution in [0.1, 0.15) is 17.2 Å². The van der Waals surface area contributed by atoms with Crippen LogP contribution in [-0.2, 0) is 0 Å². The van der Waals surface area contributed by atoms with Crippen molar-refractivity contribution >= 4 is 0 Å². The van der Waals surface area contributed by atoms with E-state index in [0.29, 0.717) is 11.1 Å².